The van der Waals surface area contributed by atoms with E-state index in [4.69, 9.17) is 5.26 Å². The Morgan fingerprint density at radius 1 is 0.939 bits per heavy atom. The summed E-state index contributed by atoms with van der Waals surface area (Å²) in [6, 6.07) is 20.6. The Labute approximate surface area is 192 Å². The van der Waals surface area contributed by atoms with Gasteiger partial charge in [-0.1, -0.05) is 35.6 Å². The molecule has 2 heterocycles. The number of Topliss-reactive ketones (excluding diaryl/α,β-unsaturated/α-hetero) is 2. The molecule has 0 radical (unpaired) electrons. The first-order chi connectivity index (χ1) is 16.0. The standard InChI is InChI=1S/C26H14N4O2S/c1-30-24(15-8-6-14(13-27)7-9-15)29-26-25(30)28-21(33-26)12-20-22(31)18-10-16-4-2-3-5-17(16)11-19(18)23(20)32/h2-12H,1H3. The summed E-state index contributed by atoms with van der Waals surface area (Å²) in [4.78, 5) is 36.0. The van der Waals surface area contributed by atoms with Gasteiger partial charge in [0.1, 0.15) is 10.8 Å². The average Bonchev–Trinajstić information content (AvgIpc) is 3.45. The van der Waals surface area contributed by atoms with E-state index < -0.39 is 0 Å². The number of imidazole rings is 1. The molecule has 2 aromatic heterocycles. The maximum absolute atomic E-state index is 13.0. The van der Waals surface area contributed by atoms with Crippen LogP contribution in [0.3, 0.4) is 0 Å². The number of carbonyl (C=O) groups is 2. The van der Waals surface area contributed by atoms with Gasteiger partial charge in [-0.15, -0.1) is 0 Å². The highest BCUT2D eigenvalue weighted by Crippen LogP contribution is 2.33. The van der Waals surface area contributed by atoms with E-state index >= 15 is 0 Å². The normalized spacial score (nSPS) is 13.0. The molecule has 3 aromatic carbocycles. The van der Waals surface area contributed by atoms with Gasteiger partial charge in [-0.2, -0.15) is 5.26 Å². The molecule has 6 rings (SSSR count). The number of hydrogen-bond acceptors (Lipinski definition) is 6. The van der Waals surface area contributed by atoms with Gasteiger partial charge in [0.05, 0.1) is 17.2 Å². The number of rotatable bonds is 2. The van der Waals surface area contributed by atoms with Crippen molar-refractivity contribution in [1.29, 1.82) is 5.26 Å². The Hall–Kier alpha value is -4.41. The first-order valence-corrected chi connectivity index (χ1v) is 11.0. The number of hydrogen-bond donors (Lipinski definition) is 0. The quantitative estimate of drug-likeness (QED) is 0.275. The second kappa shape index (κ2) is 7.05. The fraction of sp³-hybridized carbons (Fsp3) is 0.0385. The number of allylic oxidation sites excluding steroid dienone is 1. The molecule has 1 aliphatic carbocycles. The maximum atomic E-state index is 13.0. The van der Waals surface area contributed by atoms with E-state index in [2.05, 4.69) is 16.0 Å². The Morgan fingerprint density at radius 2 is 1.58 bits per heavy atom. The van der Waals surface area contributed by atoms with E-state index in [0.717, 1.165) is 22.2 Å². The molecule has 0 fully saturated rings. The molecular weight excluding hydrogens is 432 g/mol. The summed E-state index contributed by atoms with van der Waals surface area (Å²) in [6.07, 6.45) is 1.57. The predicted octanol–water partition coefficient (Wildman–Crippen LogP) is 5.18. The van der Waals surface area contributed by atoms with Crippen LogP contribution in [0, 0.1) is 11.3 Å². The molecule has 5 aromatic rings. The molecule has 33 heavy (non-hydrogen) atoms. The van der Waals surface area contributed by atoms with Gasteiger partial charge < -0.3 is 4.57 Å². The zero-order valence-corrected chi connectivity index (χ0v) is 18.2. The highest BCUT2D eigenvalue weighted by molar-refractivity contribution is 7.19. The van der Waals surface area contributed by atoms with Crippen LogP contribution in [0.15, 0.2) is 66.2 Å². The van der Waals surface area contributed by atoms with Crippen molar-refractivity contribution in [2.75, 3.05) is 0 Å². The molecule has 0 aliphatic heterocycles. The largest absolute Gasteiger partial charge is 0.311 e. The van der Waals surface area contributed by atoms with Crippen LogP contribution in [0.1, 0.15) is 31.3 Å². The number of aromatic nitrogens is 3. The summed E-state index contributed by atoms with van der Waals surface area (Å²) in [5.74, 6) is 0.192. The van der Waals surface area contributed by atoms with Crippen LogP contribution in [0.25, 0.3) is 38.7 Å². The summed E-state index contributed by atoms with van der Waals surface area (Å²) in [7, 11) is 1.87. The third-order valence-electron chi connectivity index (χ3n) is 5.86. The summed E-state index contributed by atoms with van der Waals surface area (Å²) in [5, 5.41) is 11.4. The van der Waals surface area contributed by atoms with Crippen LogP contribution < -0.4 is 0 Å². The number of ketones is 2. The van der Waals surface area contributed by atoms with Crippen LogP contribution in [0.4, 0.5) is 0 Å². The molecule has 0 spiro atoms. The van der Waals surface area contributed by atoms with Crippen LogP contribution in [-0.2, 0) is 7.05 Å². The predicted molar refractivity (Wildman–Crippen MR) is 127 cm³/mol. The van der Waals surface area contributed by atoms with Crippen LogP contribution in [0.5, 0.6) is 0 Å². The molecule has 0 unspecified atom stereocenters. The lowest BCUT2D eigenvalue weighted by Gasteiger charge is -2.01. The van der Waals surface area contributed by atoms with Crippen LogP contribution >= 0.6 is 11.3 Å². The molecule has 0 N–H and O–H groups in total. The van der Waals surface area contributed by atoms with Gasteiger partial charge >= 0.3 is 0 Å². The number of thiazole rings is 1. The Balaban J connectivity index is 1.39. The van der Waals surface area contributed by atoms with Crippen molar-refractivity contribution < 1.29 is 9.59 Å². The van der Waals surface area contributed by atoms with E-state index in [1.807, 2.05) is 48.0 Å². The lowest BCUT2D eigenvalue weighted by molar-refractivity contribution is 0.0990. The highest BCUT2D eigenvalue weighted by Gasteiger charge is 2.33. The molecule has 7 heteroatoms. The van der Waals surface area contributed by atoms with E-state index in [-0.39, 0.29) is 17.1 Å². The topological polar surface area (TPSA) is 88.6 Å². The molecular formula is C26H14N4O2S. The van der Waals surface area contributed by atoms with Gasteiger partial charge in [0.2, 0.25) is 0 Å². The molecule has 0 amide bonds. The molecule has 0 saturated heterocycles. The number of fused-ring (bicyclic) bond motifs is 3. The monoisotopic (exact) mass is 446 g/mol. The van der Waals surface area contributed by atoms with Gasteiger partial charge in [0.25, 0.3) is 0 Å². The first-order valence-electron chi connectivity index (χ1n) is 10.2. The number of nitriles is 1. The minimum atomic E-state index is -0.272. The SMILES string of the molecule is Cn1c(-c2ccc(C#N)cc2)nc2sc(C=C3C(=O)c4cc5ccccc5cc4C3=O)nc21. The van der Waals surface area contributed by atoms with Crippen LogP contribution in [0.2, 0.25) is 0 Å². The van der Waals surface area contributed by atoms with E-state index in [9.17, 15) is 9.59 Å². The maximum Gasteiger partial charge on any atom is 0.197 e. The van der Waals surface area contributed by atoms with E-state index in [1.54, 1.807) is 30.3 Å². The number of aryl methyl sites for hydroxylation is 1. The molecule has 0 atom stereocenters. The van der Waals surface area contributed by atoms with Gasteiger partial charge in [0.15, 0.2) is 22.0 Å². The summed E-state index contributed by atoms with van der Waals surface area (Å²) >= 11 is 1.33. The Morgan fingerprint density at radius 3 is 2.15 bits per heavy atom. The number of benzene rings is 3. The highest BCUT2D eigenvalue weighted by atomic mass is 32.1. The second-order valence-electron chi connectivity index (χ2n) is 7.83. The van der Waals surface area contributed by atoms with Crippen molar-refractivity contribution in [3.8, 4) is 17.5 Å². The Bertz CT molecular complexity index is 1660. The fourth-order valence-electron chi connectivity index (χ4n) is 4.16. The van der Waals surface area contributed by atoms with Crippen molar-refractivity contribution in [1.82, 2.24) is 14.5 Å². The van der Waals surface area contributed by atoms with Gasteiger partial charge in [-0.05, 0) is 53.2 Å². The molecule has 0 bridgehead atoms. The molecule has 1 aliphatic rings. The van der Waals surface area contributed by atoms with Crippen molar-refractivity contribution in [3.05, 3.63) is 87.9 Å². The third kappa shape index (κ3) is 2.93. The zero-order valence-electron chi connectivity index (χ0n) is 17.4. The van der Waals surface area contributed by atoms with Gasteiger partial charge in [-0.25, -0.2) is 9.97 Å². The van der Waals surface area contributed by atoms with Crippen LogP contribution in [-0.4, -0.2) is 26.1 Å². The van der Waals surface area contributed by atoms with Crippen molar-refractivity contribution in [2.45, 2.75) is 0 Å². The van der Waals surface area contributed by atoms with Gasteiger partial charge in [0, 0.05) is 23.7 Å². The number of nitrogens with zero attached hydrogens (tertiary/aromatic N) is 4. The number of carbonyl (C=O) groups excluding carboxylic acids is 2. The van der Waals surface area contributed by atoms with Gasteiger partial charge in [-0.3, -0.25) is 9.59 Å². The Kier molecular flexibility index (Phi) is 4.12. The zero-order chi connectivity index (χ0) is 22.7. The summed E-state index contributed by atoms with van der Waals surface area (Å²) in [6.45, 7) is 0. The van der Waals surface area contributed by atoms with Crippen molar-refractivity contribution in [3.63, 3.8) is 0 Å². The lowest BCUT2D eigenvalue weighted by Crippen LogP contribution is -2.00. The lowest BCUT2D eigenvalue weighted by atomic mass is 10.0. The second-order valence-corrected chi connectivity index (χ2v) is 8.83. The van der Waals surface area contributed by atoms with E-state index in [0.29, 0.717) is 32.2 Å². The molecule has 6 nitrogen and oxygen atoms in total. The van der Waals surface area contributed by atoms with Crippen molar-refractivity contribution >= 4 is 50.2 Å². The minimum absolute atomic E-state index is 0.131. The van der Waals surface area contributed by atoms with E-state index in [1.165, 1.54) is 11.3 Å². The molecule has 0 saturated carbocycles. The third-order valence-corrected chi connectivity index (χ3v) is 6.74. The van der Waals surface area contributed by atoms with Crippen molar-refractivity contribution in [2.24, 2.45) is 7.05 Å². The first kappa shape index (κ1) is 19.3. The summed E-state index contributed by atoms with van der Waals surface area (Å²) < 4.78 is 1.87. The minimum Gasteiger partial charge on any atom is -0.311 e. The summed E-state index contributed by atoms with van der Waals surface area (Å²) in [5.41, 5.74) is 3.14. The molecule has 156 valence electrons. The fourth-order valence-corrected chi connectivity index (χ4v) is 5.07. The smallest absolute Gasteiger partial charge is 0.197 e. The average molecular weight is 446 g/mol.